The lowest BCUT2D eigenvalue weighted by molar-refractivity contribution is 0.102. The van der Waals surface area contributed by atoms with Crippen LogP contribution in [0.3, 0.4) is 0 Å². The van der Waals surface area contributed by atoms with Gasteiger partial charge in [0, 0.05) is 11.3 Å². The van der Waals surface area contributed by atoms with Crippen LogP contribution in [-0.2, 0) is 0 Å². The Morgan fingerprint density at radius 2 is 1.77 bits per heavy atom. The van der Waals surface area contributed by atoms with E-state index >= 15 is 0 Å². The molecule has 1 aliphatic heterocycles. The van der Waals surface area contributed by atoms with E-state index in [1.165, 1.54) is 17.8 Å². The van der Waals surface area contributed by atoms with Gasteiger partial charge in [-0.2, -0.15) is 4.99 Å². The van der Waals surface area contributed by atoms with Gasteiger partial charge in [-0.25, -0.2) is 9.98 Å². The van der Waals surface area contributed by atoms with Gasteiger partial charge in [-0.15, -0.1) is 0 Å². The molecule has 1 fully saturated rings. The van der Waals surface area contributed by atoms with Crippen LogP contribution in [0.1, 0.15) is 42.5 Å². The van der Waals surface area contributed by atoms with Crippen molar-refractivity contribution < 1.29 is 4.79 Å². The summed E-state index contributed by atoms with van der Waals surface area (Å²) < 4.78 is 1.03. The first-order chi connectivity index (χ1) is 15.0. The van der Waals surface area contributed by atoms with Crippen LogP contribution >= 0.6 is 11.3 Å². The number of fused-ring (bicyclic) bond motifs is 1. The van der Waals surface area contributed by atoms with Crippen molar-refractivity contribution in [2.75, 3.05) is 10.2 Å². The Morgan fingerprint density at radius 3 is 2.52 bits per heavy atom. The third-order valence-electron chi connectivity index (χ3n) is 5.75. The van der Waals surface area contributed by atoms with Gasteiger partial charge >= 0.3 is 0 Å². The second-order valence-corrected chi connectivity index (χ2v) is 8.84. The Bertz CT molecular complexity index is 1160. The van der Waals surface area contributed by atoms with Crippen molar-refractivity contribution in [1.82, 2.24) is 4.98 Å². The van der Waals surface area contributed by atoms with E-state index in [0.717, 1.165) is 41.6 Å². The number of thiazole rings is 1. The highest BCUT2D eigenvalue weighted by Crippen LogP contribution is 2.39. The maximum atomic E-state index is 12.7. The molecule has 1 saturated carbocycles. The number of amides is 1. The van der Waals surface area contributed by atoms with Crippen LogP contribution in [0, 0.1) is 0 Å². The van der Waals surface area contributed by atoms with E-state index < -0.39 is 5.66 Å². The highest BCUT2D eigenvalue weighted by molar-refractivity contribution is 7.22. The van der Waals surface area contributed by atoms with Crippen molar-refractivity contribution in [3.05, 3.63) is 54.1 Å². The second kappa shape index (κ2) is 7.66. The van der Waals surface area contributed by atoms with E-state index in [4.69, 9.17) is 11.5 Å². The molecule has 5 N–H and O–H groups in total. The van der Waals surface area contributed by atoms with E-state index in [1.807, 2.05) is 41.3 Å². The number of benzene rings is 2. The maximum absolute atomic E-state index is 12.7. The van der Waals surface area contributed by atoms with Crippen LogP contribution in [0.15, 0.2) is 58.5 Å². The molecule has 0 unspecified atom stereocenters. The third kappa shape index (κ3) is 3.61. The lowest BCUT2D eigenvalue weighted by Gasteiger charge is -2.45. The van der Waals surface area contributed by atoms with Gasteiger partial charge in [0.05, 0.1) is 10.2 Å². The monoisotopic (exact) mass is 433 g/mol. The number of nitrogens with zero attached hydrogens (tertiary/aromatic N) is 4. The number of nitrogens with two attached hydrogens (primary N) is 2. The normalized spacial score (nSPS) is 18.0. The van der Waals surface area contributed by atoms with Crippen LogP contribution in [0.5, 0.6) is 0 Å². The van der Waals surface area contributed by atoms with Gasteiger partial charge in [-0.1, -0.05) is 29.9 Å². The Balaban J connectivity index is 1.38. The highest BCUT2D eigenvalue weighted by Gasteiger charge is 2.42. The molecule has 3 aromatic rings. The number of nitrogens with one attached hydrogen (secondary N) is 1. The van der Waals surface area contributed by atoms with Crippen molar-refractivity contribution in [3.8, 4) is 0 Å². The average molecular weight is 434 g/mol. The van der Waals surface area contributed by atoms with Crippen LogP contribution in [-0.4, -0.2) is 28.5 Å². The second-order valence-electron chi connectivity index (χ2n) is 7.81. The van der Waals surface area contributed by atoms with Crippen molar-refractivity contribution in [1.29, 1.82) is 0 Å². The first-order valence-corrected chi connectivity index (χ1v) is 11.1. The summed E-state index contributed by atoms with van der Waals surface area (Å²) in [6.07, 6.45) is 5.02. The molecule has 1 aliphatic carbocycles. The Kier molecular flexibility index (Phi) is 4.82. The van der Waals surface area contributed by atoms with Gasteiger partial charge < -0.3 is 11.5 Å². The quantitative estimate of drug-likeness (QED) is 0.582. The molecule has 9 heteroatoms. The van der Waals surface area contributed by atoms with Gasteiger partial charge in [0.1, 0.15) is 5.66 Å². The van der Waals surface area contributed by atoms with Crippen LogP contribution in [0.25, 0.3) is 10.2 Å². The highest BCUT2D eigenvalue weighted by atomic mass is 32.1. The number of hydrogen-bond donors (Lipinski definition) is 3. The minimum atomic E-state index is -0.501. The van der Waals surface area contributed by atoms with Gasteiger partial charge in [-0.3, -0.25) is 15.0 Å². The number of aromatic nitrogens is 1. The number of anilines is 2. The minimum absolute atomic E-state index is 0.208. The molecule has 0 radical (unpaired) electrons. The molecule has 2 heterocycles. The van der Waals surface area contributed by atoms with Crippen molar-refractivity contribution in [3.63, 3.8) is 0 Å². The summed E-state index contributed by atoms with van der Waals surface area (Å²) in [5.41, 5.74) is 14.0. The molecule has 1 aromatic heterocycles. The van der Waals surface area contributed by atoms with Crippen molar-refractivity contribution >= 4 is 50.2 Å². The molecule has 2 aliphatic rings. The standard InChI is InChI=1S/C22H23N7OS/c23-19-27-20(24)29(22(28-19)12-4-1-5-13-22)15-10-8-14(9-11-15)18(30)26-21-25-16-6-2-3-7-17(16)31-21/h2-3,6-11H,1,4-5,12-13H2,(H,25,26,30)(H4,23,24,27,28). The molecule has 8 nitrogen and oxygen atoms in total. The zero-order valence-electron chi connectivity index (χ0n) is 16.9. The summed E-state index contributed by atoms with van der Waals surface area (Å²) in [7, 11) is 0. The van der Waals surface area contributed by atoms with Crippen molar-refractivity contribution in [2.24, 2.45) is 21.5 Å². The molecule has 31 heavy (non-hydrogen) atoms. The zero-order valence-corrected chi connectivity index (χ0v) is 17.7. The number of para-hydroxylation sites is 1. The van der Waals surface area contributed by atoms with Gasteiger partial charge in [0.2, 0.25) is 11.9 Å². The van der Waals surface area contributed by atoms with Gasteiger partial charge in [0.25, 0.3) is 5.91 Å². The van der Waals surface area contributed by atoms with E-state index in [2.05, 4.69) is 20.3 Å². The topological polar surface area (TPSA) is 122 Å². The third-order valence-corrected chi connectivity index (χ3v) is 6.71. The van der Waals surface area contributed by atoms with Crippen LogP contribution in [0.2, 0.25) is 0 Å². The molecular formula is C22H23N7OS. The molecule has 0 atom stereocenters. The number of carbonyl (C=O) groups excluding carboxylic acids is 1. The van der Waals surface area contributed by atoms with Gasteiger partial charge in [0.15, 0.2) is 5.13 Å². The minimum Gasteiger partial charge on any atom is -0.369 e. The number of aliphatic imine (C=N–C) groups is 2. The van der Waals surface area contributed by atoms with Crippen LogP contribution < -0.4 is 21.7 Å². The molecular weight excluding hydrogens is 410 g/mol. The van der Waals surface area contributed by atoms with Crippen molar-refractivity contribution in [2.45, 2.75) is 37.8 Å². The molecule has 1 amide bonds. The van der Waals surface area contributed by atoms with E-state index in [0.29, 0.717) is 16.7 Å². The van der Waals surface area contributed by atoms with Gasteiger partial charge in [-0.05, 0) is 62.1 Å². The van der Waals surface area contributed by atoms with E-state index in [-0.39, 0.29) is 11.9 Å². The molecule has 0 bridgehead atoms. The summed E-state index contributed by atoms with van der Waals surface area (Å²) in [6.45, 7) is 0. The lowest BCUT2D eigenvalue weighted by atomic mass is 9.87. The summed E-state index contributed by atoms with van der Waals surface area (Å²) >= 11 is 1.45. The number of carbonyl (C=O) groups is 1. The fourth-order valence-corrected chi connectivity index (χ4v) is 5.21. The SMILES string of the molecule is NC1=NC2(CCCCC2)N(c2ccc(C(=O)Nc3nc4ccccc4s3)cc2)C(N)=N1. The smallest absolute Gasteiger partial charge is 0.257 e. The number of guanidine groups is 2. The Hall–Kier alpha value is -3.46. The maximum Gasteiger partial charge on any atom is 0.257 e. The Morgan fingerprint density at radius 1 is 1.03 bits per heavy atom. The summed E-state index contributed by atoms with van der Waals surface area (Å²) in [5.74, 6) is 0.351. The largest absolute Gasteiger partial charge is 0.369 e. The molecule has 2 aromatic carbocycles. The summed E-state index contributed by atoms with van der Waals surface area (Å²) in [4.78, 5) is 28.0. The number of hydrogen-bond acceptors (Lipinski definition) is 8. The fraction of sp³-hybridized carbons (Fsp3) is 0.273. The van der Waals surface area contributed by atoms with Crippen LogP contribution in [0.4, 0.5) is 10.8 Å². The zero-order chi connectivity index (χ0) is 21.4. The number of rotatable bonds is 3. The predicted molar refractivity (Wildman–Crippen MR) is 126 cm³/mol. The van der Waals surface area contributed by atoms with E-state index in [9.17, 15) is 4.79 Å². The summed E-state index contributed by atoms with van der Waals surface area (Å²) in [6, 6.07) is 15.1. The molecule has 158 valence electrons. The lowest BCUT2D eigenvalue weighted by Crippen LogP contribution is -2.58. The molecule has 1 spiro atoms. The first-order valence-electron chi connectivity index (χ1n) is 10.3. The Labute approximate surface area is 183 Å². The molecule has 0 saturated heterocycles. The first kappa shape index (κ1) is 19.5. The van der Waals surface area contributed by atoms with E-state index in [1.54, 1.807) is 12.1 Å². The molecule has 5 rings (SSSR count). The summed E-state index contributed by atoms with van der Waals surface area (Å²) in [5, 5.41) is 3.46. The predicted octanol–water partition coefficient (Wildman–Crippen LogP) is 3.66. The fourth-order valence-electron chi connectivity index (χ4n) is 4.35. The average Bonchev–Trinajstić information content (AvgIpc) is 3.16.